The van der Waals surface area contributed by atoms with Crippen LogP contribution in [0.1, 0.15) is 32.1 Å². The average Bonchev–Trinajstić information content (AvgIpc) is 2.96. The molecule has 17 heavy (non-hydrogen) atoms. The fourth-order valence-electron chi connectivity index (χ4n) is 2.98. The third-order valence-electron chi connectivity index (χ3n) is 4.00. The van der Waals surface area contributed by atoms with Crippen LogP contribution in [0.4, 0.5) is 0 Å². The maximum Gasteiger partial charge on any atom is 0.306 e. The fraction of sp³-hybridized carbons (Fsp3) is 0.833. The number of rotatable bonds is 3. The van der Waals surface area contributed by atoms with Gasteiger partial charge in [0.2, 0.25) is 5.91 Å². The highest BCUT2D eigenvalue weighted by Gasteiger charge is 2.38. The van der Waals surface area contributed by atoms with Gasteiger partial charge in [-0.15, -0.1) is 0 Å². The minimum Gasteiger partial charge on any atom is -0.481 e. The van der Waals surface area contributed by atoms with Crippen molar-refractivity contribution in [3.63, 3.8) is 0 Å². The van der Waals surface area contributed by atoms with Crippen LogP contribution in [0.5, 0.6) is 0 Å². The Kier molecular flexibility index (Phi) is 3.66. The van der Waals surface area contributed by atoms with Crippen molar-refractivity contribution in [2.75, 3.05) is 13.2 Å². The van der Waals surface area contributed by atoms with Gasteiger partial charge in [0.25, 0.3) is 0 Å². The Morgan fingerprint density at radius 1 is 1.18 bits per heavy atom. The van der Waals surface area contributed by atoms with Crippen molar-refractivity contribution >= 4 is 11.9 Å². The maximum absolute atomic E-state index is 12.2. The molecule has 0 unspecified atom stereocenters. The number of amides is 1. The molecule has 0 aromatic heterocycles. The number of carboxylic acid groups (broad SMARTS) is 1. The third kappa shape index (κ3) is 2.44. The number of aliphatic carboxylic acids is 1. The Balaban J connectivity index is 1.95. The van der Waals surface area contributed by atoms with Gasteiger partial charge in [-0.05, 0) is 32.1 Å². The first kappa shape index (κ1) is 12.4. The molecule has 1 aliphatic carbocycles. The Labute approximate surface area is 100 Å². The van der Waals surface area contributed by atoms with Crippen molar-refractivity contribution in [3.8, 4) is 0 Å². The molecule has 5 nitrogen and oxygen atoms in total. The van der Waals surface area contributed by atoms with Gasteiger partial charge in [0.05, 0.1) is 18.6 Å². The molecule has 2 fully saturated rings. The van der Waals surface area contributed by atoms with Crippen LogP contribution in [0, 0.1) is 11.8 Å². The van der Waals surface area contributed by atoms with Gasteiger partial charge in [0.15, 0.2) is 0 Å². The van der Waals surface area contributed by atoms with E-state index in [1.807, 2.05) is 0 Å². The van der Waals surface area contributed by atoms with E-state index in [0.29, 0.717) is 25.8 Å². The van der Waals surface area contributed by atoms with Crippen molar-refractivity contribution in [2.45, 2.75) is 38.1 Å². The topological polar surface area (TPSA) is 77.8 Å². The average molecular weight is 241 g/mol. The summed E-state index contributed by atoms with van der Waals surface area (Å²) in [6.07, 6.45) is 3.53. The van der Waals surface area contributed by atoms with Crippen LogP contribution < -0.4 is 0 Å². The van der Waals surface area contributed by atoms with E-state index in [9.17, 15) is 14.7 Å². The fourth-order valence-corrected chi connectivity index (χ4v) is 2.98. The summed E-state index contributed by atoms with van der Waals surface area (Å²) in [5.74, 6) is -1.26. The molecule has 0 spiro atoms. The number of nitrogens with zero attached hydrogens (tertiary/aromatic N) is 1. The molecule has 0 bridgehead atoms. The molecule has 1 amide bonds. The first-order valence-corrected chi connectivity index (χ1v) is 6.27. The second-order valence-corrected chi connectivity index (χ2v) is 5.06. The lowest BCUT2D eigenvalue weighted by molar-refractivity contribution is -0.141. The summed E-state index contributed by atoms with van der Waals surface area (Å²) in [5, 5.41) is 18.1. The van der Waals surface area contributed by atoms with Crippen LogP contribution in [0.2, 0.25) is 0 Å². The molecule has 1 saturated heterocycles. The number of hydrogen-bond donors (Lipinski definition) is 2. The molecule has 0 radical (unpaired) electrons. The Morgan fingerprint density at radius 2 is 1.88 bits per heavy atom. The van der Waals surface area contributed by atoms with E-state index in [-0.39, 0.29) is 30.4 Å². The van der Waals surface area contributed by atoms with Crippen LogP contribution in [0.15, 0.2) is 0 Å². The van der Waals surface area contributed by atoms with E-state index in [2.05, 4.69) is 0 Å². The molecule has 1 aliphatic heterocycles. The number of carbonyl (C=O) groups is 2. The highest BCUT2D eigenvalue weighted by atomic mass is 16.4. The van der Waals surface area contributed by atoms with Gasteiger partial charge >= 0.3 is 5.97 Å². The van der Waals surface area contributed by atoms with Gasteiger partial charge < -0.3 is 15.1 Å². The van der Waals surface area contributed by atoms with Gasteiger partial charge in [0, 0.05) is 12.5 Å². The van der Waals surface area contributed by atoms with Gasteiger partial charge in [-0.1, -0.05) is 0 Å². The van der Waals surface area contributed by atoms with E-state index in [4.69, 9.17) is 5.11 Å². The predicted molar refractivity (Wildman–Crippen MR) is 60.3 cm³/mol. The second kappa shape index (κ2) is 5.04. The lowest BCUT2D eigenvalue weighted by Crippen LogP contribution is -2.40. The van der Waals surface area contributed by atoms with Crippen molar-refractivity contribution in [2.24, 2.45) is 11.8 Å². The molecular weight excluding hydrogens is 222 g/mol. The SMILES string of the molecule is O=C(O)[C@H]1CC[C@@H](C(=O)N2CCC[C@H]2CO)C1. The number of carbonyl (C=O) groups excluding carboxylic acids is 1. The normalized spacial score (nSPS) is 33.0. The first-order chi connectivity index (χ1) is 8.13. The van der Waals surface area contributed by atoms with Crippen molar-refractivity contribution in [1.29, 1.82) is 0 Å². The highest BCUT2D eigenvalue weighted by molar-refractivity contribution is 5.81. The molecule has 3 atom stereocenters. The van der Waals surface area contributed by atoms with Crippen LogP contribution in [-0.2, 0) is 9.59 Å². The van der Waals surface area contributed by atoms with Crippen LogP contribution in [0.3, 0.4) is 0 Å². The smallest absolute Gasteiger partial charge is 0.306 e. The maximum atomic E-state index is 12.2. The largest absolute Gasteiger partial charge is 0.481 e. The summed E-state index contributed by atoms with van der Waals surface area (Å²) in [6, 6.07) is -0.0496. The molecular formula is C12H19NO4. The van der Waals surface area contributed by atoms with Crippen molar-refractivity contribution in [1.82, 2.24) is 4.90 Å². The predicted octanol–water partition coefficient (Wildman–Crippen LogP) is 0.471. The minimum atomic E-state index is -0.791. The van der Waals surface area contributed by atoms with Gasteiger partial charge in [0.1, 0.15) is 0 Å². The number of likely N-dealkylation sites (tertiary alicyclic amines) is 1. The zero-order chi connectivity index (χ0) is 12.4. The molecule has 0 aromatic carbocycles. The van der Waals surface area contributed by atoms with E-state index in [1.54, 1.807) is 4.90 Å². The number of carboxylic acids is 1. The van der Waals surface area contributed by atoms with Crippen molar-refractivity contribution in [3.05, 3.63) is 0 Å². The quantitative estimate of drug-likeness (QED) is 0.753. The van der Waals surface area contributed by atoms with E-state index >= 15 is 0 Å². The molecule has 2 aliphatic rings. The molecule has 2 N–H and O–H groups in total. The summed E-state index contributed by atoms with van der Waals surface area (Å²) in [6.45, 7) is 0.721. The number of hydrogen-bond acceptors (Lipinski definition) is 3. The van der Waals surface area contributed by atoms with Gasteiger partial charge in [-0.25, -0.2) is 0 Å². The van der Waals surface area contributed by atoms with Crippen LogP contribution >= 0.6 is 0 Å². The summed E-state index contributed by atoms with van der Waals surface area (Å²) >= 11 is 0. The highest BCUT2D eigenvalue weighted by Crippen LogP contribution is 2.34. The molecule has 1 saturated carbocycles. The van der Waals surface area contributed by atoms with Crippen LogP contribution in [-0.4, -0.2) is 46.2 Å². The second-order valence-electron chi connectivity index (χ2n) is 5.06. The third-order valence-corrected chi connectivity index (χ3v) is 4.00. The lowest BCUT2D eigenvalue weighted by atomic mass is 10.0. The Hall–Kier alpha value is -1.10. The molecule has 96 valence electrons. The summed E-state index contributed by atoms with van der Waals surface area (Å²) in [4.78, 5) is 24.8. The summed E-state index contributed by atoms with van der Waals surface area (Å²) < 4.78 is 0. The van der Waals surface area contributed by atoms with Crippen molar-refractivity contribution < 1.29 is 19.8 Å². The summed E-state index contributed by atoms with van der Waals surface area (Å²) in [5.41, 5.74) is 0. The summed E-state index contributed by atoms with van der Waals surface area (Å²) in [7, 11) is 0. The Bertz CT molecular complexity index is 318. The zero-order valence-corrected chi connectivity index (χ0v) is 9.84. The number of aliphatic hydroxyl groups is 1. The van der Waals surface area contributed by atoms with Gasteiger partial charge in [-0.3, -0.25) is 9.59 Å². The molecule has 2 rings (SSSR count). The molecule has 0 aromatic rings. The van der Waals surface area contributed by atoms with Gasteiger partial charge in [-0.2, -0.15) is 0 Å². The number of aliphatic hydroxyl groups excluding tert-OH is 1. The van der Waals surface area contributed by atoms with Crippen LogP contribution in [0.25, 0.3) is 0 Å². The lowest BCUT2D eigenvalue weighted by Gasteiger charge is -2.26. The minimum absolute atomic E-state index is 0.0147. The van der Waals surface area contributed by atoms with E-state index in [1.165, 1.54) is 0 Å². The molecule has 5 heteroatoms. The standard InChI is InChI=1S/C12H19NO4/c14-7-10-2-1-5-13(10)11(15)8-3-4-9(6-8)12(16)17/h8-10,14H,1-7H2,(H,16,17)/t8-,9+,10+/m1/s1. The van der Waals surface area contributed by atoms with E-state index < -0.39 is 5.97 Å². The van der Waals surface area contributed by atoms with E-state index in [0.717, 1.165) is 12.8 Å². The molecule has 1 heterocycles. The monoisotopic (exact) mass is 241 g/mol. The first-order valence-electron chi connectivity index (χ1n) is 6.27. The Morgan fingerprint density at radius 3 is 2.47 bits per heavy atom. The zero-order valence-electron chi connectivity index (χ0n) is 9.84.